The molecule has 0 atom stereocenters. The lowest BCUT2D eigenvalue weighted by Crippen LogP contribution is -2.09. The van der Waals surface area contributed by atoms with Crippen LogP contribution in [0.5, 0.6) is 0 Å². The zero-order chi connectivity index (χ0) is 19.5. The topological polar surface area (TPSA) is 35.5 Å². The van der Waals surface area contributed by atoms with Crippen LogP contribution in [0.2, 0.25) is 0 Å². The van der Waals surface area contributed by atoms with Crippen molar-refractivity contribution in [1.82, 2.24) is 0 Å². The van der Waals surface area contributed by atoms with Gasteiger partial charge in [-0.2, -0.15) is 0 Å². The third kappa shape index (κ3) is 6.51. The number of carbonyl (C=O) groups excluding carboxylic acids is 1. The lowest BCUT2D eigenvalue weighted by molar-refractivity contribution is 0.0388. The number of hydrogen-bond acceptors (Lipinski definition) is 3. The van der Waals surface area contributed by atoms with Crippen LogP contribution >= 0.6 is 0 Å². The molecule has 1 saturated carbocycles. The Morgan fingerprint density at radius 3 is 1.89 bits per heavy atom. The van der Waals surface area contributed by atoms with Gasteiger partial charge in [-0.25, -0.2) is 4.79 Å². The molecule has 3 rings (SSSR count). The molecule has 0 aromatic heterocycles. The number of methoxy groups -OCH3 is 1. The highest BCUT2D eigenvalue weighted by Crippen LogP contribution is 2.36. The quantitative estimate of drug-likeness (QED) is 0.429. The Morgan fingerprint density at radius 1 is 0.889 bits per heavy atom. The highest BCUT2D eigenvalue weighted by atomic mass is 16.6. The van der Waals surface area contributed by atoms with Gasteiger partial charge in [0.05, 0.1) is 12.2 Å². The van der Waals surface area contributed by atoms with Crippen molar-refractivity contribution in [3.8, 4) is 11.1 Å². The molecular formula is C24H32O3. The van der Waals surface area contributed by atoms with Crippen molar-refractivity contribution in [2.24, 2.45) is 0 Å². The number of hydrogen-bond donors (Lipinski definition) is 0. The van der Waals surface area contributed by atoms with E-state index < -0.39 is 0 Å². The summed E-state index contributed by atoms with van der Waals surface area (Å²) in [6, 6.07) is 16.3. The van der Waals surface area contributed by atoms with Gasteiger partial charge in [0.15, 0.2) is 0 Å². The Morgan fingerprint density at radius 2 is 1.44 bits per heavy atom. The van der Waals surface area contributed by atoms with Crippen LogP contribution in [0.15, 0.2) is 48.5 Å². The summed E-state index contributed by atoms with van der Waals surface area (Å²) in [6.07, 6.45) is 6.63. The first-order valence-corrected chi connectivity index (χ1v) is 10.1. The molecule has 0 heterocycles. The van der Waals surface area contributed by atoms with Gasteiger partial charge in [-0.1, -0.05) is 69.5 Å². The van der Waals surface area contributed by atoms with Crippen molar-refractivity contribution < 1.29 is 14.3 Å². The molecule has 0 bridgehead atoms. The summed E-state index contributed by atoms with van der Waals surface area (Å²) in [4.78, 5) is 11.8. The van der Waals surface area contributed by atoms with Gasteiger partial charge in [0.2, 0.25) is 0 Å². The minimum absolute atomic E-state index is 0.277. The third-order valence-electron chi connectivity index (χ3n) is 4.96. The highest BCUT2D eigenvalue weighted by molar-refractivity contribution is 5.90. The van der Waals surface area contributed by atoms with Crippen LogP contribution in [0.3, 0.4) is 0 Å². The number of carbonyl (C=O) groups is 1. The van der Waals surface area contributed by atoms with E-state index in [4.69, 9.17) is 9.47 Å². The number of benzene rings is 2. The molecule has 27 heavy (non-hydrogen) atoms. The summed E-state index contributed by atoms with van der Waals surface area (Å²) in [7, 11) is 1.58. The normalized spacial score (nSPS) is 13.3. The molecule has 1 fully saturated rings. The fourth-order valence-corrected chi connectivity index (χ4v) is 2.79. The van der Waals surface area contributed by atoms with Crippen molar-refractivity contribution in [3.05, 3.63) is 59.7 Å². The van der Waals surface area contributed by atoms with Crippen molar-refractivity contribution >= 4 is 5.97 Å². The molecule has 3 nitrogen and oxygen atoms in total. The number of unbranched alkanes of at least 4 members (excludes halogenated alkanes) is 1. The summed E-state index contributed by atoms with van der Waals surface area (Å²) in [5.41, 5.74) is 4.29. The van der Waals surface area contributed by atoms with Crippen LogP contribution in [0.25, 0.3) is 11.1 Å². The van der Waals surface area contributed by atoms with Crippen LogP contribution in [0.1, 0.15) is 67.8 Å². The molecule has 0 radical (unpaired) electrons. The monoisotopic (exact) mass is 368 g/mol. The molecule has 3 heteroatoms. The van der Waals surface area contributed by atoms with E-state index >= 15 is 0 Å². The molecule has 1 aliphatic rings. The van der Waals surface area contributed by atoms with Crippen LogP contribution in [-0.4, -0.2) is 26.3 Å². The van der Waals surface area contributed by atoms with Crippen LogP contribution in [0.4, 0.5) is 0 Å². The van der Waals surface area contributed by atoms with E-state index in [1.165, 1.54) is 43.2 Å². The maximum Gasteiger partial charge on any atom is 0.338 e. The summed E-state index contributed by atoms with van der Waals surface area (Å²) in [6.45, 7) is 5.05. The van der Waals surface area contributed by atoms with E-state index in [-0.39, 0.29) is 12.6 Å². The SMILES string of the molecule is CCCC.COCCOC(=O)c1ccc(-c2ccc(C3CCC3)cc2)cc1. The number of ether oxygens (including phenoxy) is 2. The standard InChI is InChI=1S/C20H22O3.C4H10/c1-22-13-14-23-20(21)19-11-9-18(10-12-19)17-7-5-16(6-8-17)15-3-2-4-15;1-3-4-2/h5-12,15H,2-4,13-14H2,1H3;3-4H2,1-2H3. The smallest absolute Gasteiger partial charge is 0.338 e. The maximum atomic E-state index is 11.8. The van der Waals surface area contributed by atoms with E-state index in [9.17, 15) is 4.79 Å². The second-order valence-corrected chi connectivity index (χ2v) is 6.96. The predicted octanol–water partition coefficient (Wildman–Crippen LogP) is 6.23. The minimum atomic E-state index is -0.311. The van der Waals surface area contributed by atoms with Gasteiger partial charge in [0.1, 0.15) is 6.61 Å². The highest BCUT2D eigenvalue weighted by Gasteiger charge is 2.19. The molecule has 2 aromatic carbocycles. The Labute approximate surface area is 163 Å². The van der Waals surface area contributed by atoms with E-state index in [2.05, 4.69) is 38.1 Å². The Hall–Kier alpha value is -2.13. The molecule has 146 valence electrons. The molecular weight excluding hydrogens is 336 g/mol. The fourth-order valence-electron chi connectivity index (χ4n) is 2.79. The van der Waals surface area contributed by atoms with Gasteiger partial charge >= 0.3 is 5.97 Å². The van der Waals surface area contributed by atoms with Gasteiger partial charge in [0, 0.05) is 7.11 Å². The molecule has 2 aromatic rings. The Balaban J connectivity index is 0.000000596. The van der Waals surface area contributed by atoms with Crippen LogP contribution < -0.4 is 0 Å². The van der Waals surface area contributed by atoms with Crippen molar-refractivity contribution in [2.75, 3.05) is 20.3 Å². The second kappa shape index (κ2) is 11.6. The molecule has 0 N–H and O–H groups in total. The van der Waals surface area contributed by atoms with Crippen molar-refractivity contribution in [1.29, 1.82) is 0 Å². The predicted molar refractivity (Wildman–Crippen MR) is 111 cm³/mol. The lowest BCUT2D eigenvalue weighted by Gasteiger charge is -2.25. The van der Waals surface area contributed by atoms with Gasteiger partial charge in [0.25, 0.3) is 0 Å². The molecule has 0 aliphatic heterocycles. The number of esters is 1. The Kier molecular flexibility index (Phi) is 9.06. The largest absolute Gasteiger partial charge is 0.460 e. The van der Waals surface area contributed by atoms with Crippen LogP contribution in [-0.2, 0) is 9.47 Å². The molecule has 0 spiro atoms. The van der Waals surface area contributed by atoms with Crippen molar-refractivity contribution in [3.63, 3.8) is 0 Å². The summed E-state index contributed by atoms with van der Waals surface area (Å²) < 4.78 is 9.98. The van der Waals surface area contributed by atoms with Gasteiger partial charge < -0.3 is 9.47 Å². The summed E-state index contributed by atoms with van der Waals surface area (Å²) >= 11 is 0. The van der Waals surface area contributed by atoms with E-state index in [1.807, 2.05) is 24.3 Å². The average Bonchev–Trinajstić information content (AvgIpc) is 2.68. The van der Waals surface area contributed by atoms with E-state index in [0.717, 1.165) is 11.5 Å². The first kappa shape index (κ1) is 21.2. The Bertz CT molecular complexity index is 668. The minimum Gasteiger partial charge on any atom is -0.460 e. The van der Waals surface area contributed by atoms with E-state index in [0.29, 0.717) is 12.2 Å². The summed E-state index contributed by atoms with van der Waals surface area (Å²) in [5, 5.41) is 0. The van der Waals surface area contributed by atoms with E-state index in [1.54, 1.807) is 7.11 Å². The van der Waals surface area contributed by atoms with Crippen LogP contribution in [0, 0.1) is 0 Å². The molecule has 0 saturated heterocycles. The molecule has 0 unspecified atom stereocenters. The third-order valence-corrected chi connectivity index (χ3v) is 4.96. The fraction of sp³-hybridized carbons (Fsp3) is 0.458. The average molecular weight is 369 g/mol. The summed E-state index contributed by atoms with van der Waals surface area (Å²) in [5.74, 6) is 0.447. The van der Waals surface area contributed by atoms with Gasteiger partial charge in [-0.3, -0.25) is 0 Å². The van der Waals surface area contributed by atoms with Gasteiger partial charge in [-0.15, -0.1) is 0 Å². The van der Waals surface area contributed by atoms with Gasteiger partial charge in [-0.05, 0) is 47.6 Å². The molecule has 1 aliphatic carbocycles. The maximum absolute atomic E-state index is 11.8. The zero-order valence-electron chi connectivity index (χ0n) is 16.9. The zero-order valence-corrected chi connectivity index (χ0v) is 16.9. The van der Waals surface area contributed by atoms with Crippen molar-refractivity contribution in [2.45, 2.75) is 51.9 Å². The lowest BCUT2D eigenvalue weighted by atomic mass is 9.80. The second-order valence-electron chi connectivity index (χ2n) is 6.96. The molecule has 0 amide bonds. The number of rotatable bonds is 7. The first-order valence-electron chi connectivity index (χ1n) is 10.1. The first-order chi connectivity index (χ1) is 13.2.